The van der Waals surface area contributed by atoms with Crippen molar-refractivity contribution in [1.29, 1.82) is 0 Å². The van der Waals surface area contributed by atoms with Gasteiger partial charge in [0, 0.05) is 25.7 Å². The fourth-order valence-electron chi connectivity index (χ4n) is 2.01. The average Bonchev–Trinajstić information content (AvgIpc) is 2.11. The lowest BCUT2D eigenvalue weighted by Crippen LogP contribution is -2.42. The summed E-state index contributed by atoms with van der Waals surface area (Å²) in [7, 11) is 2.16. The summed E-state index contributed by atoms with van der Waals surface area (Å²) in [5.41, 5.74) is 0.337. The second-order valence-corrected chi connectivity index (χ2v) is 5.92. The second-order valence-electron chi connectivity index (χ2n) is 5.92. The lowest BCUT2D eigenvalue weighted by molar-refractivity contribution is 0.189. The van der Waals surface area contributed by atoms with E-state index in [9.17, 15) is 0 Å². The number of nitrogens with one attached hydrogen (secondary N) is 1. The number of aliphatic hydroxyl groups is 1. The predicted molar refractivity (Wildman–Crippen MR) is 70.7 cm³/mol. The molecule has 0 saturated heterocycles. The fraction of sp³-hybridized carbons (Fsp3) is 1.00. The molecule has 3 heteroatoms. The fourth-order valence-corrected chi connectivity index (χ4v) is 2.01. The first kappa shape index (κ1) is 15.9. The minimum atomic E-state index is 0.269. The smallest absolute Gasteiger partial charge is 0.0446 e. The molecule has 0 spiro atoms. The number of rotatable bonds is 8. The molecule has 0 aliphatic carbocycles. The molecule has 0 heterocycles. The van der Waals surface area contributed by atoms with E-state index in [1.165, 1.54) is 0 Å². The van der Waals surface area contributed by atoms with Crippen LogP contribution in [0.5, 0.6) is 0 Å². The third-order valence-corrected chi connectivity index (χ3v) is 2.44. The summed E-state index contributed by atoms with van der Waals surface area (Å²) in [6, 6.07) is 0.414. The maximum absolute atomic E-state index is 9.02. The molecule has 0 saturated carbocycles. The van der Waals surface area contributed by atoms with Crippen LogP contribution in [0.3, 0.4) is 0 Å². The van der Waals surface area contributed by atoms with Gasteiger partial charge in [-0.3, -0.25) is 0 Å². The Kier molecular flexibility index (Phi) is 7.98. The standard InChI is InChI=1S/C13H30N2O/c1-6-8-14-12(7-9-16)10-15(5)11-13(2,3)4/h12,14,16H,6-11H2,1-5H3. The van der Waals surface area contributed by atoms with Gasteiger partial charge in [0.05, 0.1) is 0 Å². The molecule has 0 rings (SSSR count). The zero-order chi connectivity index (χ0) is 12.6. The first-order valence-corrected chi connectivity index (χ1v) is 6.42. The summed E-state index contributed by atoms with van der Waals surface area (Å²) in [5.74, 6) is 0. The Morgan fingerprint density at radius 1 is 1.31 bits per heavy atom. The molecule has 0 bridgehead atoms. The molecule has 2 N–H and O–H groups in total. The Morgan fingerprint density at radius 2 is 1.94 bits per heavy atom. The highest BCUT2D eigenvalue weighted by atomic mass is 16.3. The van der Waals surface area contributed by atoms with E-state index in [2.05, 4.69) is 45.0 Å². The van der Waals surface area contributed by atoms with Gasteiger partial charge in [-0.15, -0.1) is 0 Å². The van der Waals surface area contributed by atoms with Gasteiger partial charge >= 0.3 is 0 Å². The lowest BCUT2D eigenvalue weighted by Gasteiger charge is -2.30. The molecule has 0 aromatic heterocycles. The molecule has 0 aromatic carbocycles. The van der Waals surface area contributed by atoms with Crippen LogP contribution in [0.15, 0.2) is 0 Å². The van der Waals surface area contributed by atoms with E-state index in [0.29, 0.717) is 11.5 Å². The molecule has 0 fully saturated rings. The molecule has 16 heavy (non-hydrogen) atoms. The van der Waals surface area contributed by atoms with Gasteiger partial charge in [0.15, 0.2) is 0 Å². The van der Waals surface area contributed by atoms with E-state index < -0.39 is 0 Å². The molecular formula is C13H30N2O. The normalized spacial score (nSPS) is 14.4. The Labute approximate surface area is 101 Å². The summed E-state index contributed by atoms with van der Waals surface area (Å²) < 4.78 is 0. The van der Waals surface area contributed by atoms with Crippen LogP contribution in [-0.2, 0) is 0 Å². The third-order valence-electron chi connectivity index (χ3n) is 2.44. The van der Waals surface area contributed by atoms with Crippen molar-refractivity contribution in [3.05, 3.63) is 0 Å². The molecule has 98 valence electrons. The Hall–Kier alpha value is -0.120. The number of hydrogen-bond acceptors (Lipinski definition) is 3. The number of nitrogens with zero attached hydrogens (tertiary/aromatic N) is 1. The van der Waals surface area contributed by atoms with E-state index in [1.54, 1.807) is 0 Å². The summed E-state index contributed by atoms with van der Waals surface area (Å²) in [5, 5.41) is 12.5. The van der Waals surface area contributed by atoms with Crippen LogP contribution >= 0.6 is 0 Å². The van der Waals surface area contributed by atoms with E-state index in [4.69, 9.17) is 5.11 Å². The molecule has 1 atom stereocenters. The highest BCUT2D eigenvalue weighted by Crippen LogP contribution is 2.14. The minimum Gasteiger partial charge on any atom is -0.396 e. The monoisotopic (exact) mass is 230 g/mol. The van der Waals surface area contributed by atoms with Crippen LogP contribution in [0.1, 0.15) is 40.5 Å². The van der Waals surface area contributed by atoms with Gasteiger partial charge in [0.2, 0.25) is 0 Å². The van der Waals surface area contributed by atoms with Gasteiger partial charge in [0.1, 0.15) is 0 Å². The zero-order valence-corrected chi connectivity index (χ0v) is 11.7. The molecular weight excluding hydrogens is 200 g/mol. The van der Waals surface area contributed by atoms with Gasteiger partial charge in [-0.25, -0.2) is 0 Å². The topological polar surface area (TPSA) is 35.5 Å². The first-order chi connectivity index (χ1) is 7.39. The van der Waals surface area contributed by atoms with Gasteiger partial charge < -0.3 is 15.3 Å². The summed E-state index contributed by atoms with van der Waals surface area (Å²) in [4.78, 5) is 2.35. The Balaban J connectivity index is 3.96. The third kappa shape index (κ3) is 9.13. The minimum absolute atomic E-state index is 0.269. The van der Waals surface area contributed by atoms with E-state index in [-0.39, 0.29) is 6.61 Å². The number of aliphatic hydroxyl groups excluding tert-OH is 1. The van der Waals surface area contributed by atoms with Crippen molar-refractivity contribution in [2.75, 3.05) is 33.3 Å². The van der Waals surface area contributed by atoms with Crippen LogP contribution < -0.4 is 5.32 Å². The van der Waals surface area contributed by atoms with Crippen molar-refractivity contribution in [2.45, 2.75) is 46.6 Å². The highest BCUT2D eigenvalue weighted by molar-refractivity contribution is 4.73. The quantitative estimate of drug-likeness (QED) is 0.666. The van der Waals surface area contributed by atoms with Gasteiger partial charge in [-0.1, -0.05) is 27.7 Å². The van der Waals surface area contributed by atoms with Crippen LogP contribution in [0, 0.1) is 5.41 Å². The van der Waals surface area contributed by atoms with E-state index in [1.807, 2.05) is 0 Å². The van der Waals surface area contributed by atoms with Gasteiger partial charge in [0.25, 0.3) is 0 Å². The lowest BCUT2D eigenvalue weighted by atomic mass is 9.96. The van der Waals surface area contributed by atoms with Gasteiger partial charge in [-0.2, -0.15) is 0 Å². The number of hydrogen-bond donors (Lipinski definition) is 2. The summed E-state index contributed by atoms with van der Waals surface area (Å²) in [6.45, 7) is 12.3. The van der Waals surface area contributed by atoms with Crippen molar-refractivity contribution in [3.63, 3.8) is 0 Å². The Bertz CT molecular complexity index is 166. The molecule has 0 amide bonds. The van der Waals surface area contributed by atoms with Crippen LogP contribution in [0.2, 0.25) is 0 Å². The summed E-state index contributed by atoms with van der Waals surface area (Å²) >= 11 is 0. The van der Waals surface area contributed by atoms with E-state index in [0.717, 1.165) is 32.5 Å². The molecule has 0 radical (unpaired) electrons. The maximum atomic E-state index is 9.02. The van der Waals surface area contributed by atoms with Crippen molar-refractivity contribution in [2.24, 2.45) is 5.41 Å². The van der Waals surface area contributed by atoms with Crippen LogP contribution in [0.4, 0.5) is 0 Å². The highest BCUT2D eigenvalue weighted by Gasteiger charge is 2.16. The van der Waals surface area contributed by atoms with Crippen molar-refractivity contribution in [1.82, 2.24) is 10.2 Å². The largest absolute Gasteiger partial charge is 0.396 e. The molecule has 3 nitrogen and oxygen atoms in total. The predicted octanol–water partition coefficient (Wildman–Crippen LogP) is 1.71. The van der Waals surface area contributed by atoms with Crippen molar-refractivity contribution >= 4 is 0 Å². The second kappa shape index (κ2) is 8.04. The first-order valence-electron chi connectivity index (χ1n) is 6.42. The van der Waals surface area contributed by atoms with Gasteiger partial charge in [-0.05, 0) is 31.8 Å². The SMILES string of the molecule is CCCNC(CCO)CN(C)CC(C)(C)C. The van der Waals surface area contributed by atoms with Crippen molar-refractivity contribution < 1.29 is 5.11 Å². The number of likely N-dealkylation sites (N-methyl/N-ethyl adjacent to an activating group) is 1. The average molecular weight is 230 g/mol. The molecule has 0 aliphatic heterocycles. The zero-order valence-electron chi connectivity index (χ0n) is 11.7. The van der Waals surface area contributed by atoms with Crippen molar-refractivity contribution in [3.8, 4) is 0 Å². The molecule has 0 aromatic rings. The van der Waals surface area contributed by atoms with E-state index >= 15 is 0 Å². The van der Waals surface area contributed by atoms with Crippen LogP contribution in [0.25, 0.3) is 0 Å². The summed E-state index contributed by atoms with van der Waals surface area (Å²) in [6.07, 6.45) is 1.99. The maximum Gasteiger partial charge on any atom is 0.0446 e. The Morgan fingerprint density at radius 3 is 2.38 bits per heavy atom. The molecule has 0 aliphatic rings. The molecule has 1 unspecified atom stereocenters. The van der Waals surface area contributed by atoms with Crippen LogP contribution in [-0.4, -0.2) is 49.3 Å².